The van der Waals surface area contributed by atoms with Crippen LogP contribution in [0.2, 0.25) is 5.02 Å². The van der Waals surface area contributed by atoms with Crippen LogP contribution in [0.25, 0.3) is 0 Å². The molecule has 1 aromatic carbocycles. The van der Waals surface area contributed by atoms with Gasteiger partial charge >= 0.3 is 0 Å². The number of hydrogen-bond donors (Lipinski definition) is 2. The molecule has 0 saturated carbocycles. The molecule has 2 amide bonds. The van der Waals surface area contributed by atoms with Gasteiger partial charge < -0.3 is 20.1 Å². The van der Waals surface area contributed by atoms with Gasteiger partial charge in [0.1, 0.15) is 6.10 Å². The molecule has 120 valence electrons. The Hall–Kier alpha value is -1.63. The molecular weight excluding hydrogens is 308 g/mol. The second-order valence-corrected chi connectivity index (χ2v) is 5.39. The van der Waals surface area contributed by atoms with Gasteiger partial charge in [0.15, 0.2) is 0 Å². The Morgan fingerprint density at radius 1 is 1.41 bits per heavy atom. The van der Waals surface area contributed by atoms with Gasteiger partial charge in [-0.15, -0.1) is 0 Å². The maximum atomic E-state index is 12.4. The van der Waals surface area contributed by atoms with Crippen LogP contribution in [-0.2, 0) is 14.3 Å². The van der Waals surface area contributed by atoms with Crippen molar-refractivity contribution in [3.8, 4) is 0 Å². The highest BCUT2D eigenvalue weighted by Crippen LogP contribution is 2.21. The lowest BCUT2D eigenvalue weighted by molar-refractivity contribution is -0.114. The Kier molecular flexibility index (Phi) is 5.76. The van der Waals surface area contributed by atoms with E-state index in [1.807, 2.05) is 6.92 Å². The Morgan fingerprint density at radius 2 is 2.18 bits per heavy atom. The van der Waals surface area contributed by atoms with Gasteiger partial charge in [-0.1, -0.05) is 11.6 Å². The van der Waals surface area contributed by atoms with E-state index in [0.717, 1.165) is 0 Å². The number of amides is 2. The lowest BCUT2D eigenvalue weighted by atomic mass is 10.1. The average Bonchev–Trinajstić information content (AvgIpc) is 2.88. The Balaban J connectivity index is 2.10. The van der Waals surface area contributed by atoms with Gasteiger partial charge in [0, 0.05) is 19.2 Å². The topological polar surface area (TPSA) is 76.7 Å². The number of nitrogens with one attached hydrogen (secondary N) is 2. The summed E-state index contributed by atoms with van der Waals surface area (Å²) in [5, 5.41) is 5.81. The first-order chi connectivity index (χ1) is 10.5. The third-order valence-corrected chi connectivity index (χ3v) is 3.59. The summed E-state index contributed by atoms with van der Waals surface area (Å²) in [5.74, 6) is -0.535. The highest BCUT2D eigenvalue weighted by Gasteiger charge is 2.30. The molecule has 0 spiro atoms. The van der Waals surface area contributed by atoms with Gasteiger partial charge in [0.05, 0.1) is 29.8 Å². The molecule has 1 aromatic rings. The van der Waals surface area contributed by atoms with Gasteiger partial charge in [-0.3, -0.25) is 9.59 Å². The van der Waals surface area contributed by atoms with Gasteiger partial charge in [0.25, 0.3) is 5.91 Å². The molecule has 1 saturated heterocycles. The van der Waals surface area contributed by atoms with Crippen molar-refractivity contribution >= 4 is 29.1 Å². The van der Waals surface area contributed by atoms with Crippen LogP contribution in [0.3, 0.4) is 0 Å². The fraction of sp³-hybridized carbons (Fsp3) is 0.467. The quantitative estimate of drug-likeness (QED) is 0.865. The predicted octanol–water partition coefficient (Wildman–Crippen LogP) is 1.83. The molecule has 1 aliphatic heterocycles. The molecule has 2 atom stereocenters. The van der Waals surface area contributed by atoms with Crippen molar-refractivity contribution < 1.29 is 19.1 Å². The Labute approximate surface area is 134 Å². The van der Waals surface area contributed by atoms with Crippen LogP contribution in [0.5, 0.6) is 0 Å². The number of hydrogen-bond acceptors (Lipinski definition) is 4. The summed E-state index contributed by atoms with van der Waals surface area (Å²) in [5.41, 5.74) is 0.821. The third kappa shape index (κ3) is 4.19. The van der Waals surface area contributed by atoms with E-state index in [1.165, 1.54) is 6.92 Å². The van der Waals surface area contributed by atoms with Crippen molar-refractivity contribution in [3.63, 3.8) is 0 Å². The fourth-order valence-electron chi connectivity index (χ4n) is 2.27. The molecule has 1 aliphatic rings. The van der Waals surface area contributed by atoms with Crippen LogP contribution in [-0.4, -0.2) is 43.8 Å². The van der Waals surface area contributed by atoms with E-state index in [2.05, 4.69) is 10.6 Å². The molecule has 0 radical (unpaired) electrons. The number of rotatable bonds is 5. The number of benzene rings is 1. The maximum Gasteiger partial charge on any atom is 0.253 e. The molecule has 0 unspecified atom stereocenters. The molecule has 6 nitrogen and oxygen atoms in total. The van der Waals surface area contributed by atoms with Gasteiger partial charge in [-0.25, -0.2) is 0 Å². The van der Waals surface area contributed by atoms with Crippen molar-refractivity contribution in [2.45, 2.75) is 26.0 Å². The van der Waals surface area contributed by atoms with Gasteiger partial charge in [-0.05, 0) is 25.1 Å². The van der Waals surface area contributed by atoms with E-state index in [-0.39, 0.29) is 24.0 Å². The van der Waals surface area contributed by atoms with E-state index in [0.29, 0.717) is 36.1 Å². The molecule has 7 heteroatoms. The Morgan fingerprint density at radius 3 is 2.86 bits per heavy atom. The minimum atomic E-state index is -0.322. The molecule has 0 aliphatic carbocycles. The minimum absolute atomic E-state index is 0.161. The van der Waals surface area contributed by atoms with Crippen molar-refractivity contribution in [1.82, 2.24) is 5.32 Å². The summed E-state index contributed by atoms with van der Waals surface area (Å²) >= 11 is 6.07. The van der Waals surface area contributed by atoms with Crippen molar-refractivity contribution in [3.05, 3.63) is 28.8 Å². The summed E-state index contributed by atoms with van der Waals surface area (Å²) in [7, 11) is 0. The summed E-state index contributed by atoms with van der Waals surface area (Å²) in [6, 6.07) is 4.55. The summed E-state index contributed by atoms with van der Waals surface area (Å²) < 4.78 is 10.9. The fourth-order valence-corrected chi connectivity index (χ4v) is 2.48. The van der Waals surface area contributed by atoms with Gasteiger partial charge in [-0.2, -0.15) is 0 Å². The number of halogens is 1. The lowest BCUT2D eigenvalue weighted by Crippen LogP contribution is -2.43. The van der Waals surface area contributed by atoms with E-state index in [1.54, 1.807) is 18.2 Å². The van der Waals surface area contributed by atoms with Gasteiger partial charge in [0.2, 0.25) is 5.91 Å². The number of ether oxygens (including phenoxy) is 2. The zero-order valence-corrected chi connectivity index (χ0v) is 13.3. The minimum Gasteiger partial charge on any atom is -0.376 e. The highest BCUT2D eigenvalue weighted by molar-refractivity contribution is 6.34. The SMILES string of the molecule is CCO[C@H]1COC[C@@H]1NC(=O)c1cc(NC(C)=O)ccc1Cl. The van der Waals surface area contributed by atoms with E-state index >= 15 is 0 Å². The standard InChI is InChI=1S/C15H19ClN2O4/c1-3-22-14-8-21-7-13(14)18-15(20)11-6-10(17-9(2)19)4-5-12(11)16/h4-6,13-14H,3,7-8H2,1-2H3,(H,17,19)(H,18,20)/t13-,14-/m0/s1. The first kappa shape index (κ1) is 16.7. The summed E-state index contributed by atoms with van der Waals surface area (Å²) in [6.45, 7) is 4.71. The summed E-state index contributed by atoms with van der Waals surface area (Å²) in [4.78, 5) is 23.5. The maximum absolute atomic E-state index is 12.4. The predicted molar refractivity (Wildman–Crippen MR) is 83.2 cm³/mol. The molecule has 0 bridgehead atoms. The van der Waals surface area contributed by atoms with Crippen LogP contribution in [0.4, 0.5) is 5.69 Å². The second kappa shape index (κ2) is 7.58. The van der Waals surface area contributed by atoms with Crippen molar-refractivity contribution in [2.24, 2.45) is 0 Å². The number of anilines is 1. The van der Waals surface area contributed by atoms with E-state index in [9.17, 15) is 9.59 Å². The first-order valence-electron chi connectivity index (χ1n) is 7.08. The zero-order chi connectivity index (χ0) is 16.1. The lowest BCUT2D eigenvalue weighted by Gasteiger charge is -2.19. The van der Waals surface area contributed by atoms with E-state index < -0.39 is 0 Å². The Bertz CT molecular complexity index is 564. The first-order valence-corrected chi connectivity index (χ1v) is 7.46. The van der Waals surface area contributed by atoms with Crippen LogP contribution < -0.4 is 10.6 Å². The van der Waals surface area contributed by atoms with Crippen LogP contribution in [0, 0.1) is 0 Å². The molecule has 2 rings (SSSR count). The smallest absolute Gasteiger partial charge is 0.253 e. The molecular formula is C15H19ClN2O4. The monoisotopic (exact) mass is 326 g/mol. The van der Waals surface area contributed by atoms with Crippen molar-refractivity contribution in [2.75, 3.05) is 25.1 Å². The zero-order valence-electron chi connectivity index (χ0n) is 12.5. The molecule has 0 aromatic heterocycles. The molecule has 1 fully saturated rings. The molecule has 1 heterocycles. The van der Waals surface area contributed by atoms with Crippen molar-refractivity contribution in [1.29, 1.82) is 0 Å². The molecule has 22 heavy (non-hydrogen) atoms. The highest BCUT2D eigenvalue weighted by atomic mass is 35.5. The average molecular weight is 327 g/mol. The van der Waals surface area contributed by atoms with Crippen LogP contribution >= 0.6 is 11.6 Å². The largest absolute Gasteiger partial charge is 0.376 e. The summed E-state index contributed by atoms with van der Waals surface area (Å²) in [6.07, 6.45) is -0.161. The number of carbonyl (C=O) groups is 2. The van der Waals surface area contributed by atoms with E-state index in [4.69, 9.17) is 21.1 Å². The second-order valence-electron chi connectivity index (χ2n) is 4.99. The van der Waals surface area contributed by atoms with Crippen LogP contribution in [0.1, 0.15) is 24.2 Å². The van der Waals surface area contributed by atoms with Crippen LogP contribution in [0.15, 0.2) is 18.2 Å². The third-order valence-electron chi connectivity index (χ3n) is 3.26. The molecule has 2 N–H and O–H groups in total. The normalized spacial score (nSPS) is 20.7. The number of carbonyl (C=O) groups excluding carboxylic acids is 2.